The number of rotatable bonds is 7. The first-order valence-corrected chi connectivity index (χ1v) is 15.6. The van der Waals surface area contributed by atoms with Gasteiger partial charge in [0, 0.05) is 36.1 Å². The van der Waals surface area contributed by atoms with Crippen molar-refractivity contribution < 1.29 is 14.3 Å². The summed E-state index contributed by atoms with van der Waals surface area (Å²) in [6, 6.07) is 24.0. The number of fused-ring (bicyclic) bond motifs is 4. The van der Waals surface area contributed by atoms with Gasteiger partial charge in [-0.05, 0) is 80.1 Å². The fourth-order valence-corrected chi connectivity index (χ4v) is 7.49. The number of piperidine rings is 1. The van der Waals surface area contributed by atoms with E-state index in [2.05, 4.69) is 53.2 Å². The van der Waals surface area contributed by atoms with E-state index in [1.807, 2.05) is 46.2 Å². The Balaban J connectivity index is 1.07. The predicted octanol–water partition coefficient (Wildman–Crippen LogP) is 5.47. The van der Waals surface area contributed by atoms with Gasteiger partial charge in [-0.25, -0.2) is 0 Å². The number of H-pyrrole nitrogens is 1. The molecule has 7 nitrogen and oxygen atoms in total. The van der Waals surface area contributed by atoms with E-state index in [4.69, 9.17) is 4.74 Å². The third-order valence-electron chi connectivity index (χ3n) is 9.78. The summed E-state index contributed by atoms with van der Waals surface area (Å²) in [7, 11) is 1.65. The van der Waals surface area contributed by atoms with Gasteiger partial charge in [0.15, 0.2) is 0 Å². The first kappa shape index (κ1) is 27.7. The van der Waals surface area contributed by atoms with Gasteiger partial charge in [0.25, 0.3) is 0 Å². The molecule has 4 aromatic rings. The molecule has 4 heterocycles. The number of hydrogen-bond acceptors (Lipinski definition) is 4. The van der Waals surface area contributed by atoms with Crippen molar-refractivity contribution in [2.75, 3.05) is 33.3 Å². The zero-order valence-electron chi connectivity index (χ0n) is 25.1. The van der Waals surface area contributed by atoms with E-state index in [-0.39, 0.29) is 24.4 Å². The maximum atomic E-state index is 14.1. The van der Waals surface area contributed by atoms with E-state index in [9.17, 15) is 9.59 Å². The van der Waals surface area contributed by atoms with Crippen LogP contribution in [0.5, 0.6) is 5.75 Å². The molecule has 0 spiro atoms. The second kappa shape index (κ2) is 11.5. The van der Waals surface area contributed by atoms with Crippen molar-refractivity contribution in [2.24, 2.45) is 5.92 Å². The summed E-state index contributed by atoms with van der Waals surface area (Å²) in [5.74, 6) is 1.43. The average molecular weight is 577 g/mol. The van der Waals surface area contributed by atoms with Gasteiger partial charge < -0.3 is 19.5 Å². The molecular formula is C36H40N4O3. The predicted molar refractivity (Wildman–Crippen MR) is 168 cm³/mol. The standard InChI is InChI=1S/C36H40N4O3/c1-24-6-5-7-26(20-24)22-38-17-14-25(15-18-38)16-19-39-23-33(41)40-32(36(39)42)21-30-29-8-3-4-9-31(29)37-34(30)35(40)27-10-12-28(43-2)13-11-27/h3-13,20,25,32,35,37H,14-19,21-23H2,1-2H3/t32-,35-/m1/s1. The number of piperazine rings is 1. The number of aryl methyl sites for hydroxylation is 1. The number of ether oxygens (including phenoxy) is 1. The summed E-state index contributed by atoms with van der Waals surface area (Å²) in [4.78, 5) is 37.8. The van der Waals surface area contributed by atoms with Crippen molar-refractivity contribution >= 4 is 22.7 Å². The molecule has 1 N–H and O–H groups in total. The molecule has 0 aliphatic carbocycles. The molecule has 2 atom stereocenters. The molecule has 2 saturated heterocycles. The monoisotopic (exact) mass is 576 g/mol. The van der Waals surface area contributed by atoms with Gasteiger partial charge in [-0.15, -0.1) is 0 Å². The number of para-hydroxylation sites is 1. The SMILES string of the molecule is COc1ccc([C@@H]2c3[nH]c4ccccc4c3C[C@@H]3C(=O)N(CCC4CCN(Cc5cccc(C)c5)CC4)CC(=O)N23)cc1. The summed E-state index contributed by atoms with van der Waals surface area (Å²) in [6.07, 6.45) is 3.75. The quantitative estimate of drug-likeness (QED) is 0.317. The highest BCUT2D eigenvalue weighted by atomic mass is 16.5. The number of carbonyl (C=O) groups is 2. The molecule has 3 aliphatic rings. The third-order valence-corrected chi connectivity index (χ3v) is 9.78. The van der Waals surface area contributed by atoms with Crippen LogP contribution in [0.2, 0.25) is 0 Å². The van der Waals surface area contributed by atoms with Gasteiger partial charge in [0.2, 0.25) is 11.8 Å². The van der Waals surface area contributed by atoms with Gasteiger partial charge >= 0.3 is 0 Å². The first-order chi connectivity index (χ1) is 21.0. The summed E-state index contributed by atoms with van der Waals surface area (Å²) >= 11 is 0. The molecule has 0 saturated carbocycles. The normalized spacial score (nSPS) is 21.3. The highest BCUT2D eigenvalue weighted by Crippen LogP contribution is 2.43. The smallest absolute Gasteiger partial charge is 0.246 e. The molecule has 0 radical (unpaired) electrons. The molecule has 7 rings (SSSR count). The van der Waals surface area contributed by atoms with E-state index >= 15 is 0 Å². The summed E-state index contributed by atoms with van der Waals surface area (Å²) < 4.78 is 5.39. The Bertz CT molecular complexity index is 1640. The number of likely N-dealkylation sites (tertiary alicyclic amines) is 1. The maximum absolute atomic E-state index is 14.1. The van der Waals surface area contributed by atoms with Crippen LogP contribution in [0.25, 0.3) is 10.9 Å². The van der Waals surface area contributed by atoms with Crippen molar-refractivity contribution in [1.29, 1.82) is 0 Å². The Labute approximate surface area is 253 Å². The second-order valence-corrected chi connectivity index (χ2v) is 12.5. The fourth-order valence-electron chi connectivity index (χ4n) is 7.49. The van der Waals surface area contributed by atoms with Crippen LogP contribution in [0, 0.1) is 12.8 Å². The number of aromatic nitrogens is 1. The molecule has 0 bridgehead atoms. The lowest BCUT2D eigenvalue weighted by molar-refractivity contribution is -0.158. The topological polar surface area (TPSA) is 68.9 Å². The van der Waals surface area contributed by atoms with Crippen LogP contribution in [0.15, 0.2) is 72.8 Å². The highest BCUT2D eigenvalue weighted by Gasteiger charge is 2.48. The second-order valence-electron chi connectivity index (χ2n) is 12.5. The van der Waals surface area contributed by atoms with Crippen LogP contribution in [0.4, 0.5) is 0 Å². The number of methoxy groups -OCH3 is 1. The Hall–Kier alpha value is -4.10. The largest absolute Gasteiger partial charge is 0.497 e. The van der Waals surface area contributed by atoms with Gasteiger partial charge in [-0.2, -0.15) is 0 Å². The van der Waals surface area contributed by atoms with Crippen molar-refractivity contribution in [1.82, 2.24) is 19.7 Å². The minimum absolute atomic E-state index is 0.0164. The van der Waals surface area contributed by atoms with Crippen molar-refractivity contribution in [3.05, 3.63) is 101 Å². The minimum Gasteiger partial charge on any atom is -0.497 e. The molecule has 43 heavy (non-hydrogen) atoms. The summed E-state index contributed by atoms with van der Waals surface area (Å²) in [5.41, 5.74) is 6.85. The number of nitrogens with zero attached hydrogens (tertiary/aromatic N) is 3. The maximum Gasteiger partial charge on any atom is 0.246 e. The summed E-state index contributed by atoms with van der Waals surface area (Å²) in [6.45, 7) is 6.09. The number of carbonyl (C=O) groups excluding carboxylic acids is 2. The minimum atomic E-state index is -0.503. The van der Waals surface area contributed by atoms with Crippen LogP contribution in [0.1, 0.15) is 53.3 Å². The van der Waals surface area contributed by atoms with Crippen LogP contribution in [-0.2, 0) is 22.6 Å². The van der Waals surface area contributed by atoms with Crippen LogP contribution >= 0.6 is 0 Å². The van der Waals surface area contributed by atoms with E-state index in [1.165, 1.54) is 11.1 Å². The Morgan fingerprint density at radius 2 is 1.74 bits per heavy atom. The molecule has 2 amide bonds. The first-order valence-electron chi connectivity index (χ1n) is 15.6. The molecular weight excluding hydrogens is 536 g/mol. The molecule has 7 heteroatoms. The Morgan fingerprint density at radius 3 is 2.51 bits per heavy atom. The highest BCUT2D eigenvalue weighted by molar-refractivity contribution is 5.97. The number of aromatic amines is 1. The van der Waals surface area contributed by atoms with Crippen LogP contribution < -0.4 is 4.74 Å². The van der Waals surface area contributed by atoms with Gasteiger partial charge in [-0.3, -0.25) is 14.5 Å². The van der Waals surface area contributed by atoms with E-state index in [0.29, 0.717) is 18.9 Å². The third kappa shape index (κ3) is 5.31. The average Bonchev–Trinajstić information content (AvgIpc) is 3.40. The summed E-state index contributed by atoms with van der Waals surface area (Å²) in [5, 5.41) is 1.13. The number of nitrogens with one attached hydrogen (secondary N) is 1. The molecule has 1 aromatic heterocycles. The lowest BCUT2D eigenvalue weighted by Crippen LogP contribution is -2.63. The van der Waals surface area contributed by atoms with Crippen LogP contribution in [0.3, 0.4) is 0 Å². The zero-order chi connectivity index (χ0) is 29.5. The lowest BCUT2D eigenvalue weighted by Gasteiger charge is -2.47. The zero-order valence-corrected chi connectivity index (χ0v) is 25.1. The van der Waals surface area contributed by atoms with Crippen LogP contribution in [-0.4, -0.2) is 70.8 Å². The van der Waals surface area contributed by atoms with E-state index in [1.54, 1.807) is 7.11 Å². The molecule has 3 aliphatic heterocycles. The number of amides is 2. The van der Waals surface area contributed by atoms with E-state index in [0.717, 1.165) is 72.4 Å². The number of hydrogen-bond donors (Lipinski definition) is 1. The van der Waals surface area contributed by atoms with E-state index < -0.39 is 6.04 Å². The van der Waals surface area contributed by atoms with Crippen molar-refractivity contribution in [2.45, 2.75) is 51.2 Å². The molecule has 222 valence electrons. The van der Waals surface area contributed by atoms with Gasteiger partial charge in [-0.1, -0.05) is 60.2 Å². The molecule has 0 unspecified atom stereocenters. The lowest BCUT2D eigenvalue weighted by atomic mass is 9.86. The molecule has 2 fully saturated rings. The van der Waals surface area contributed by atoms with Crippen molar-refractivity contribution in [3.8, 4) is 5.75 Å². The molecule has 3 aromatic carbocycles. The van der Waals surface area contributed by atoms with Gasteiger partial charge in [0.1, 0.15) is 11.8 Å². The fraction of sp³-hybridized carbons (Fsp3) is 0.389. The Kier molecular flexibility index (Phi) is 7.43. The number of benzene rings is 3. The van der Waals surface area contributed by atoms with Crippen molar-refractivity contribution in [3.63, 3.8) is 0 Å². The Morgan fingerprint density at radius 1 is 0.953 bits per heavy atom. The van der Waals surface area contributed by atoms with Gasteiger partial charge in [0.05, 0.1) is 19.7 Å².